The maximum atomic E-state index is 12.2. The van der Waals surface area contributed by atoms with Crippen LogP contribution in [0, 0.1) is 6.92 Å². The fourth-order valence-corrected chi connectivity index (χ4v) is 2.51. The molecule has 1 aliphatic rings. The SMILES string of the molecule is C=C(C)CCc1cc2c(cc1C)CN(CCO)C2=O. The smallest absolute Gasteiger partial charge is 0.254 e. The molecule has 0 aromatic heterocycles. The summed E-state index contributed by atoms with van der Waals surface area (Å²) in [7, 11) is 0. The van der Waals surface area contributed by atoms with Crippen molar-refractivity contribution in [3.63, 3.8) is 0 Å². The van der Waals surface area contributed by atoms with Gasteiger partial charge in [-0.25, -0.2) is 0 Å². The molecule has 0 radical (unpaired) electrons. The van der Waals surface area contributed by atoms with Gasteiger partial charge in [-0.3, -0.25) is 4.79 Å². The van der Waals surface area contributed by atoms with E-state index in [9.17, 15) is 4.79 Å². The average Bonchev–Trinajstić information content (AvgIpc) is 2.64. The molecule has 0 bridgehead atoms. The van der Waals surface area contributed by atoms with Crippen molar-refractivity contribution in [1.82, 2.24) is 4.90 Å². The Morgan fingerprint density at radius 2 is 2.21 bits per heavy atom. The molecule has 0 spiro atoms. The minimum atomic E-state index is 0.0151. The third-order valence-corrected chi connectivity index (χ3v) is 3.63. The molecule has 2 rings (SSSR count). The largest absolute Gasteiger partial charge is 0.395 e. The highest BCUT2D eigenvalue weighted by atomic mass is 16.3. The second-order valence-corrected chi connectivity index (χ2v) is 5.34. The van der Waals surface area contributed by atoms with Crippen molar-refractivity contribution in [3.05, 3.63) is 46.5 Å². The van der Waals surface area contributed by atoms with Crippen LogP contribution in [-0.2, 0) is 13.0 Å². The van der Waals surface area contributed by atoms with Crippen LogP contribution in [0.15, 0.2) is 24.3 Å². The highest BCUT2D eigenvalue weighted by Gasteiger charge is 2.27. The van der Waals surface area contributed by atoms with Crippen LogP contribution in [0.1, 0.15) is 40.4 Å². The molecule has 0 aliphatic carbocycles. The van der Waals surface area contributed by atoms with Crippen LogP contribution in [0.4, 0.5) is 0 Å². The van der Waals surface area contributed by atoms with Gasteiger partial charge in [0, 0.05) is 18.7 Å². The van der Waals surface area contributed by atoms with Gasteiger partial charge in [-0.2, -0.15) is 0 Å². The molecule has 0 saturated carbocycles. The van der Waals surface area contributed by atoms with Crippen molar-refractivity contribution in [2.75, 3.05) is 13.2 Å². The van der Waals surface area contributed by atoms with Crippen molar-refractivity contribution in [3.8, 4) is 0 Å². The zero-order valence-corrected chi connectivity index (χ0v) is 11.7. The second kappa shape index (κ2) is 5.57. The van der Waals surface area contributed by atoms with Gasteiger partial charge in [0.2, 0.25) is 0 Å². The van der Waals surface area contributed by atoms with Crippen LogP contribution in [0.25, 0.3) is 0 Å². The van der Waals surface area contributed by atoms with Gasteiger partial charge < -0.3 is 10.0 Å². The zero-order chi connectivity index (χ0) is 14.0. The van der Waals surface area contributed by atoms with Gasteiger partial charge in [-0.05, 0) is 49.4 Å². The molecule has 1 heterocycles. The Morgan fingerprint density at radius 3 is 2.84 bits per heavy atom. The number of β-amino-alcohol motifs (C(OH)–C–C–N with tert-alkyl or cyclic N) is 1. The van der Waals surface area contributed by atoms with Gasteiger partial charge >= 0.3 is 0 Å². The third-order valence-electron chi connectivity index (χ3n) is 3.63. The monoisotopic (exact) mass is 259 g/mol. The van der Waals surface area contributed by atoms with E-state index in [1.165, 1.54) is 11.1 Å². The quantitative estimate of drug-likeness (QED) is 0.825. The fourth-order valence-electron chi connectivity index (χ4n) is 2.51. The van der Waals surface area contributed by atoms with E-state index in [0.29, 0.717) is 13.1 Å². The number of aliphatic hydroxyl groups excluding tert-OH is 1. The Kier molecular flexibility index (Phi) is 4.05. The minimum Gasteiger partial charge on any atom is -0.395 e. The molecule has 0 saturated heterocycles. The number of rotatable bonds is 5. The summed E-state index contributed by atoms with van der Waals surface area (Å²) < 4.78 is 0. The first-order valence-electron chi connectivity index (χ1n) is 6.70. The Morgan fingerprint density at radius 1 is 1.47 bits per heavy atom. The third kappa shape index (κ3) is 2.87. The predicted octanol–water partition coefficient (Wildman–Crippen LogP) is 2.45. The number of fused-ring (bicyclic) bond motifs is 1. The Bertz CT molecular complexity index is 520. The lowest BCUT2D eigenvalue weighted by Crippen LogP contribution is -2.26. The van der Waals surface area contributed by atoms with E-state index in [2.05, 4.69) is 19.6 Å². The Balaban J connectivity index is 2.24. The molecular weight excluding hydrogens is 238 g/mol. The average molecular weight is 259 g/mol. The van der Waals surface area contributed by atoms with Gasteiger partial charge in [0.05, 0.1) is 6.61 Å². The van der Waals surface area contributed by atoms with Gasteiger partial charge in [0.1, 0.15) is 0 Å². The van der Waals surface area contributed by atoms with Crippen molar-refractivity contribution in [2.45, 2.75) is 33.2 Å². The van der Waals surface area contributed by atoms with Crippen LogP contribution in [0.3, 0.4) is 0 Å². The first-order valence-corrected chi connectivity index (χ1v) is 6.70. The summed E-state index contributed by atoms with van der Waals surface area (Å²) in [6.07, 6.45) is 1.88. The number of carbonyl (C=O) groups is 1. The van der Waals surface area contributed by atoms with Crippen molar-refractivity contribution in [1.29, 1.82) is 0 Å². The number of allylic oxidation sites excluding steroid dienone is 1. The summed E-state index contributed by atoms with van der Waals surface area (Å²) in [5.41, 5.74) is 5.50. The molecule has 1 N–H and O–H groups in total. The van der Waals surface area contributed by atoms with E-state index in [0.717, 1.165) is 29.5 Å². The molecule has 1 aliphatic heterocycles. The molecule has 0 fully saturated rings. The van der Waals surface area contributed by atoms with E-state index in [-0.39, 0.29) is 12.5 Å². The maximum Gasteiger partial charge on any atom is 0.254 e. The molecule has 1 amide bonds. The van der Waals surface area contributed by atoms with E-state index in [1.54, 1.807) is 4.90 Å². The topological polar surface area (TPSA) is 40.5 Å². The summed E-state index contributed by atoms with van der Waals surface area (Å²) in [5.74, 6) is 0.0422. The van der Waals surface area contributed by atoms with Crippen LogP contribution < -0.4 is 0 Å². The number of carbonyl (C=O) groups excluding carboxylic acids is 1. The predicted molar refractivity (Wildman–Crippen MR) is 76.1 cm³/mol. The van der Waals surface area contributed by atoms with Gasteiger partial charge in [-0.1, -0.05) is 11.6 Å². The van der Waals surface area contributed by atoms with Crippen molar-refractivity contribution < 1.29 is 9.90 Å². The number of hydrogen-bond acceptors (Lipinski definition) is 2. The zero-order valence-electron chi connectivity index (χ0n) is 11.7. The number of aliphatic hydroxyl groups is 1. The standard InChI is InChI=1S/C16H21NO2/c1-11(2)4-5-13-9-15-14(8-12(13)3)10-17(6-7-18)16(15)19/h8-9,18H,1,4-7,10H2,2-3H3. The summed E-state index contributed by atoms with van der Waals surface area (Å²) in [4.78, 5) is 13.9. The van der Waals surface area contributed by atoms with Crippen LogP contribution >= 0.6 is 0 Å². The van der Waals surface area contributed by atoms with Crippen molar-refractivity contribution >= 4 is 5.91 Å². The van der Waals surface area contributed by atoms with Gasteiger partial charge in [0.25, 0.3) is 5.91 Å². The highest BCUT2D eigenvalue weighted by Crippen LogP contribution is 2.26. The number of amides is 1. The highest BCUT2D eigenvalue weighted by molar-refractivity contribution is 5.98. The van der Waals surface area contributed by atoms with Crippen molar-refractivity contribution in [2.24, 2.45) is 0 Å². The lowest BCUT2D eigenvalue weighted by atomic mass is 9.96. The summed E-state index contributed by atoms with van der Waals surface area (Å²) in [6.45, 7) is 9.08. The number of benzene rings is 1. The summed E-state index contributed by atoms with van der Waals surface area (Å²) >= 11 is 0. The molecule has 1 aromatic carbocycles. The maximum absolute atomic E-state index is 12.2. The molecule has 3 nitrogen and oxygen atoms in total. The lowest BCUT2D eigenvalue weighted by Gasteiger charge is -2.12. The molecular formula is C16H21NO2. The van der Waals surface area contributed by atoms with E-state index in [1.807, 2.05) is 13.0 Å². The van der Waals surface area contributed by atoms with Crippen LogP contribution in [0.5, 0.6) is 0 Å². The fraction of sp³-hybridized carbons (Fsp3) is 0.438. The molecule has 19 heavy (non-hydrogen) atoms. The molecule has 102 valence electrons. The normalized spacial score (nSPS) is 13.8. The van der Waals surface area contributed by atoms with Crippen LogP contribution in [-0.4, -0.2) is 29.1 Å². The van der Waals surface area contributed by atoms with Gasteiger partial charge in [0.15, 0.2) is 0 Å². The first kappa shape index (κ1) is 13.8. The lowest BCUT2D eigenvalue weighted by molar-refractivity contribution is 0.0745. The number of nitrogens with zero attached hydrogens (tertiary/aromatic N) is 1. The van der Waals surface area contributed by atoms with Gasteiger partial charge in [-0.15, -0.1) is 6.58 Å². The molecule has 0 atom stereocenters. The Hall–Kier alpha value is -1.61. The minimum absolute atomic E-state index is 0.0151. The number of hydrogen-bond donors (Lipinski definition) is 1. The van der Waals surface area contributed by atoms with E-state index < -0.39 is 0 Å². The summed E-state index contributed by atoms with van der Waals surface area (Å²) in [5, 5.41) is 8.97. The first-order chi connectivity index (χ1) is 9.02. The molecule has 0 unspecified atom stereocenters. The van der Waals surface area contributed by atoms with Crippen LogP contribution in [0.2, 0.25) is 0 Å². The molecule has 1 aromatic rings. The van der Waals surface area contributed by atoms with E-state index >= 15 is 0 Å². The van der Waals surface area contributed by atoms with E-state index in [4.69, 9.17) is 5.11 Å². The second-order valence-electron chi connectivity index (χ2n) is 5.34. The number of aryl methyl sites for hydroxylation is 2. The molecule has 3 heteroatoms. The summed E-state index contributed by atoms with van der Waals surface area (Å²) in [6, 6.07) is 4.13. The Labute approximate surface area is 114 Å².